The van der Waals surface area contributed by atoms with Crippen LogP contribution in [-0.4, -0.2) is 8.42 Å². The second-order valence-corrected chi connectivity index (χ2v) is 3.69. The fraction of sp³-hybridized carbons (Fsp3) is 0. The summed E-state index contributed by atoms with van der Waals surface area (Å²) in [5, 5.41) is 0.651. The summed E-state index contributed by atoms with van der Waals surface area (Å²) in [5.41, 5.74) is 0. The molecule has 1 aromatic rings. The molecule has 0 fully saturated rings. The molecular formula is C8H7FO3S. The molecule has 0 saturated heterocycles. The summed E-state index contributed by atoms with van der Waals surface area (Å²) in [6.07, 6.45) is 0. The van der Waals surface area contributed by atoms with Crippen LogP contribution in [0.3, 0.4) is 0 Å². The van der Waals surface area contributed by atoms with E-state index >= 15 is 0 Å². The van der Waals surface area contributed by atoms with Crippen molar-refractivity contribution in [2.45, 2.75) is 0 Å². The van der Waals surface area contributed by atoms with Crippen molar-refractivity contribution in [1.82, 2.24) is 0 Å². The van der Waals surface area contributed by atoms with Crippen LogP contribution in [0, 0.1) is 5.82 Å². The van der Waals surface area contributed by atoms with Gasteiger partial charge in [-0.3, -0.25) is 0 Å². The molecule has 0 radical (unpaired) electrons. The monoisotopic (exact) mass is 202 g/mol. The van der Waals surface area contributed by atoms with Gasteiger partial charge in [0.1, 0.15) is 11.6 Å². The average molecular weight is 202 g/mol. The van der Waals surface area contributed by atoms with Gasteiger partial charge in [-0.2, -0.15) is 8.42 Å². The van der Waals surface area contributed by atoms with Crippen LogP contribution in [0.2, 0.25) is 0 Å². The third-order valence-electron chi connectivity index (χ3n) is 1.21. The van der Waals surface area contributed by atoms with Crippen LogP contribution in [0.4, 0.5) is 4.39 Å². The van der Waals surface area contributed by atoms with Gasteiger partial charge in [-0.15, -0.1) is 0 Å². The predicted octanol–water partition coefficient (Wildman–Crippen LogP) is 1.68. The van der Waals surface area contributed by atoms with Crippen LogP contribution in [0.5, 0.6) is 5.75 Å². The molecule has 0 bridgehead atoms. The Bertz CT molecular complexity index is 411. The highest BCUT2D eigenvalue weighted by atomic mass is 32.2. The zero-order chi connectivity index (χ0) is 9.90. The lowest BCUT2D eigenvalue weighted by Gasteiger charge is -2.01. The maximum atomic E-state index is 12.5. The first-order chi connectivity index (χ1) is 6.03. The van der Waals surface area contributed by atoms with Gasteiger partial charge in [-0.1, -0.05) is 12.6 Å². The second kappa shape index (κ2) is 3.57. The molecule has 0 aliphatic rings. The summed E-state index contributed by atoms with van der Waals surface area (Å²) in [4.78, 5) is 0. The van der Waals surface area contributed by atoms with E-state index in [9.17, 15) is 12.8 Å². The standard InChI is InChI=1S/C8H7FO3S/c1-2-13(10,11)12-8-5-3-4-7(9)6-8/h2-6H,1H2. The highest BCUT2D eigenvalue weighted by molar-refractivity contribution is 7.90. The normalized spacial score (nSPS) is 10.8. The van der Waals surface area contributed by atoms with Crippen molar-refractivity contribution in [1.29, 1.82) is 0 Å². The fourth-order valence-corrected chi connectivity index (χ4v) is 1.13. The molecule has 0 unspecified atom stereocenters. The molecule has 0 aromatic heterocycles. The van der Waals surface area contributed by atoms with Gasteiger partial charge < -0.3 is 4.18 Å². The quantitative estimate of drug-likeness (QED) is 0.700. The van der Waals surface area contributed by atoms with Gasteiger partial charge in [0.15, 0.2) is 0 Å². The lowest BCUT2D eigenvalue weighted by Crippen LogP contribution is -2.04. The van der Waals surface area contributed by atoms with Crippen LogP contribution in [-0.2, 0) is 10.1 Å². The predicted molar refractivity (Wildman–Crippen MR) is 46.1 cm³/mol. The summed E-state index contributed by atoms with van der Waals surface area (Å²) >= 11 is 0. The third-order valence-corrected chi connectivity index (χ3v) is 2.05. The van der Waals surface area contributed by atoms with E-state index in [1.54, 1.807) is 0 Å². The van der Waals surface area contributed by atoms with Crippen molar-refractivity contribution in [3.8, 4) is 5.75 Å². The van der Waals surface area contributed by atoms with E-state index in [4.69, 9.17) is 0 Å². The number of rotatable bonds is 3. The Morgan fingerprint density at radius 2 is 2.15 bits per heavy atom. The summed E-state index contributed by atoms with van der Waals surface area (Å²) in [6.45, 7) is 3.04. The van der Waals surface area contributed by atoms with Crippen molar-refractivity contribution in [2.75, 3.05) is 0 Å². The molecule has 0 aliphatic heterocycles. The van der Waals surface area contributed by atoms with Crippen LogP contribution in [0.1, 0.15) is 0 Å². The van der Waals surface area contributed by atoms with Crippen molar-refractivity contribution >= 4 is 10.1 Å². The molecule has 3 nitrogen and oxygen atoms in total. The molecule has 70 valence electrons. The Morgan fingerprint density at radius 3 is 2.69 bits per heavy atom. The maximum absolute atomic E-state index is 12.5. The van der Waals surface area contributed by atoms with E-state index in [2.05, 4.69) is 10.8 Å². The van der Waals surface area contributed by atoms with E-state index in [0.717, 1.165) is 6.07 Å². The molecule has 0 amide bonds. The molecule has 0 atom stereocenters. The number of hydrogen-bond donors (Lipinski definition) is 0. The van der Waals surface area contributed by atoms with Gasteiger partial charge >= 0.3 is 10.1 Å². The van der Waals surface area contributed by atoms with Crippen molar-refractivity contribution in [2.24, 2.45) is 0 Å². The molecule has 0 aliphatic carbocycles. The van der Waals surface area contributed by atoms with Gasteiger partial charge in [0.25, 0.3) is 0 Å². The summed E-state index contributed by atoms with van der Waals surface area (Å²) in [6, 6.07) is 4.85. The van der Waals surface area contributed by atoms with Gasteiger partial charge in [0.2, 0.25) is 0 Å². The zero-order valence-electron chi connectivity index (χ0n) is 6.60. The Hall–Kier alpha value is -1.36. The van der Waals surface area contributed by atoms with Crippen molar-refractivity contribution in [3.63, 3.8) is 0 Å². The maximum Gasteiger partial charge on any atom is 0.331 e. The van der Waals surface area contributed by atoms with Gasteiger partial charge in [-0.05, 0) is 12.1 Å². The van der Waals surface area contributed by atoms with Crippen LogP contribution >= 0.6 is 0 Å². The second-order valence-electron chi connectivity index (χ2n) is 2.20. The van der Waals surface area contributed by atoms with Crippen LogP contribution in [0.25, 0.3) is 0 Å². The van der Waals surface area contributed by atoms with Crippen LogP contribution in [0.15, 0.2) is 36.3 Å². The van der Waals surface area contributed by atoms with Gasteiger partial charge in [0, 0.05) is 6.07 Å². The molecule has 0 saturated carbocycles. The molecule has 0 N–H and O–H groups in total. The molecule has 0 spiro atoms. The summed E-state index contributed by atoms with van der Waals surface area (Å²) < 4.78 is 38.6. The van der Waals surface area contributed by atoms with Gasteiger partial charge in [-0.25, -0.2) is 4.39 Å². The SMILES string of the molecule is C=CS(=O)(=O)Oc1cccc(F)c1. The highest BCUT2D eigenvalue weighted by Crippen LogP contribution is 2.14. The molecule has 1 rings (SSSR count). The zero-order valence-corrected chi connectivity index (χ0v) is 7.42. The lowest BCUT2D eigenvalue weighted by molar-refractivity contribution is 0.493. The Morgan fingerprint density at radius 1 is 1.46 bits per heavy atom. The smallest absolute Gasteiger partial charge is 0.331 e. The minimum atomic E-state index is -3.79. The largest absolute Gasteiger partial charge is 0.379 e. The Kier molecular flexibility index (Phi) is 2.67. The number of hydrogen-bond acceptors (Lipinski definition) is 3. The average Bonchev–Trinajstić information content (AvgIpc) is 2.03. The van der Waals surface area contributed by atoms with Gasteiger partial charge in [0.05, 0.1) is 5.41 Å². The first-order valence-corrected chi connectivity index (χ1v) is 4.83. The Labute approximate surface area is 75.6 Å². The summed E-state index contributed by atoms with van der Waals surface area (Å²) in [7, 11) is -3.79. The first kappa shape index (κ1) is 9.73. The topological polar surface area (TPSA) is 43.4 Å². The molecular weight excluding hydrogens is 195 g/mol. The summed E-state index contributed by atoms with van der Waals surface area (Å²) in [5.74, 6) is -0.628. The van der Waals surface area contributed by atoms with E-state index in [-0.39, 0.29) is 5.75 Å². The molecule has 0 heterocycles. The minimum absolute atomic E-state index is 0.0695. The fourth-order valence-electron chi connectivity index (χ4n) is 0.687. The van der Waals surface area contributed by atoms with E-state index in [1.807, 2.05) is 0 Å². The van der Waals surface area contributed by atoms with E-state index in [0.29, 0.717) is 5.41 Å². The van der Waals surface area contributed by atoms with Crippen molar-refractivity contribution < 1.29 is 17.0 Å². The molecule has 5 heteroatoms. The lowest BCUT2D eigenvalue weighted by atomic mass is 10.3. The van der Waals surface area contributed by atoms with E-state index in [1.165, 1.54) is 18.2 Å². The van der Waals surface area contributed by atoms with Crippen LogP contribution < -0.4 is 4.18 Å². The first-order valence-electron chi connectivity index (χ1n) is 3.36. The number of halogens is 1. The third kappa shape index (κ3) is 2.87. The minimum Gasteiger partial charge on any atom is -0.379 e. The molecule has 13 heavy (non-hydrogen) atoms. The highest BCUT2D eigenvalue weighted by Gasteiger charge is 2.06. The number of benzene rings is 1. The van der Waals surface area contributed by atoms with E-state index < -0.39 is 15.9 Å². The molecule has 1 aromatic carbocycles. The Balaban J connectivity index is 2.93. The van der Waals surface area contributed by atoms with Crippen molar-refractivity contribution in [3.05, 3.63) is 42.1 Å².